The molecule has 7 heteroatoms. The zero-order chi connectivity index (χ0) is 22.0. The lowest BCUT2D eigenvalue weighted by Gasteiger charge is -2.46. The van der Waals surface area contributed by atoms with Crippen molar-refractivity contribution >= 4 is 29.6 Å². The number of carbonyl (C=O) groups is 1. The van der Waals surface area contributed by atoms with Gasteiger partial charge in [-0.05, 0) is 61.6 Å². The Balaban J connectivity index is 1.60. The predicted molar refractivity (Wildman–Crippen MR) is 123 cm³/mol. The number of dihydropyridines is 1. The average molecular weight is 442 g/mol. The molecular formula is C24H25F2N3OS. The Kier molecular flexibility index (Phi) is 6.25. The maximum atomic E-state index is 13.8. The number of anilines is 1. The summed E-state index contributed by atoms with van der Waals surface area (Å²) in [6.45, 7) is 3.52. The molecule has 2 aromatic carbocycles. The van der Waals surface area contributed by atoms with Crippen LogP contribution < -0.4 is 5.32 Å². The van der Waals surface area contributed by atoms with Gasteiger partial charge in [0.2, 0.25) is 0 Å². The van der Waals surface area contributed by atoms with Gasteiger partial charge in [-0.15, -0.1) is 12.6 Å². The molecule has 2 aliphatic rings. The van der Waals surface area contributed by atoms with Crippen LogP contribution in [0.2, 0.25) is 0 Å². The number of carbonyl (C=O) groups excluding carboxylic acids is 1. The number of halogens is 2. The molecule has 0 spiro atoms. The summed E-state index contributed by atoms with van der Waals surface area (Å²) < 4.78 is 27.0. The van der Waals surface area contributed by atoms with E-state index in [9.17, 15) is 13.6 Å². The number of aldehydes is 1. The van der Waals surface area contributed by atoms with Gasteiger partial charge in [0.1, 0.15) is 23.5 Å². The van der Waals surface area contributed by atoms with E-state index in [0.29, 0.717) is 35.4 Å². The highest BCUT2D eigenvalue weighted by atomic mass is 32.1. The van der Waals surface area contributed by atoms with E-state index in [4.69, 9.17) is 0 Å². The first-order valence-electron chi connectivity index (χ1n) is 10.4. The van der Waals surface area contributed by atoms with Crippen LogP contribution in [0.15, 0.2) is 64.8 Å². The van der Waals surface area contributed by atoms with Gasteiger partial charge in [0.05, 0.1) is 17.3 Å². The van der Waals surface area contributed by atoms with Crippen molar-refractivity contribution in [2.24, 2.45) is 4.99 Å². The first kappa shape index (κ1) is 21.7. The van der Waals surface area contributed by atoms with Crippen LogP contribution in [0, 0.1) is 11.6 Å². The Hall–Kier alpha value is -2.51. The molecule has 31 heavy (non-hydrogen) atoms. The van der Waals surface area contributed by atoms with Crippen LogP contribution in [0.25, 0.3) is 0 Å². The topological polar surface area (TPSA) is 44.7 Å². The standard InChI is InChI=1S/C24H25F2N3OS/c1-16-22(28-21-4-2-3-20(26)13-21)24(15-30,14-27-23(16)31)29-11-9-18(10-12-29)17-5-7-19(25)8-6-17/h2-8,13,15,18,28H,9-12,14H2,1H3,(H,27,31). The Morgan fingerprint density at radius 2 is 1.84 bits per heavy atom. The second kappa shape index (κ2) is 8.93. The minimum atomic E-state index is -0.962. The minimum Gasteiger partial charge on any atom is -0.357 e. The lowest BCUT2D eigenvalue weighted by Crippen LogP contribution is -2.59. The maximum absolute atomic E-state index is 13.8. The number of piperidine rings is 1. The van der Waals surface area contributed by atoms with E-state index in [2.05, 4.69) is 27.8 Å². The molecule has 2 aromatic rings. The van der Waals surface area contributed by atoms with Crippen molar-refractivity contribution in [3.05, 3.63) is 77.0 Å². The van der Waals surface area contributed by atoms with Gasteiger partial charge >= 0.3 is 0 Å². The van der Waals surface area contributed by atoms with Crippen molar-refractivity contribution in [1.29, 1.82) is 0 Å². The Labute approximate surface area is 186 Å². The van der Waals surface area contributed by atoms with Crippen LogP contribution in [0.1, 0.15) is 31.2 Å². The van der Waals surface area contributed by atoms with Gasteiger partial charge in [-0.2, -0.15) is 0 Å². The van der Waals surface area contributed by atoms with Gasteiger partial charge < -0.3 is 10.1 Å². The third kappa shape index (κ3) is 4.29. The average Bonchev–Trinajstić information content (AvgIpc) is 2.78. The number of hydrogen-bond donors (Lipinski definition) is 2. The van der Waals surface area contributed by atoms with Crippen LogP contribution in [0.5, 0.6) is 0 Å². The van der Waals surface area contributed by atoms with E-state index >= 15 is 0 Å². The number of nitrogens with zero attached hydrogens (tertiary/aromatic N) is 2. The highest BCUT2D eigenvalue weighted by molar-refractivity contribution is 7.97. The van der Waals surface area contributed by atoms with Crippen molar-refractivity contribution in [3.63, 3.8) is 0 Å². The molecule has 4 rings (SSSR count). The highest BCUT2D eigenvalue weighted by Gasteiger charge is 2.45. The van der Waals surface area contributed by atoms with Gasteiger partial charge in [-0.3, -0.25) is 9.89 Å². The summed E-state index contributed by atoms with van der Waals surface area (Å²) in [5.41, 5.74) is 2.19. The molecule has 1 saturated heterocycles. The molecule has 1 atom stereocenters. The van der Waals surface area contributed by atoms with Gasteiger partial charge in [-0.25, -0.2) is 8.78 Å². The summed E-state index contributed by atoms with van der Waals surface area (Å²) >= 11 is 4.47. The van der Waals surface area contributed by atoms with Crippen molar-refractivity contribution in [3.8, 4) is 0 Å². The number of hydrogen-bond acceptors (Lipinski definition) is 4. The van der Waals surface area contributed by atoms with Crippen LogP contribution in [-0.4, -0.2) is 41.4 Å². The largest absolute Gasteiger partial charge is 0.357 e. The molecule has 1 unspecified atom stereocenters. The van der Waals surface area contributed by atoms with E-state index in [-0.39, 0.29) is 18.2 Å². The number of thiol groups is 1. The summed E-state index contributed by atoms with van der Waals surface area (Å²) in [6, 6.07) is 12.8. The molecule has 0 amide bonds. The van der Waals surface area contributed by atoms with Crippen molar-refractivity contribution in [2.45, 2.75) is 31.2 Å². The Morgan fingerprint density at radius 3 is 2.48 bits per heavy atom. The van der Waals surface area contributed by atoms with Crippen LogP contribution in [0.4, 0.5) is 14.5 Å². The Morgan fingerprint density at radius 1 is 1.13 bits per heavy atom. The second-order valence-corrected chi connectivity index (χ2v) is 8.55. The smallest absolute Gasteiger partial charge is 0.148 e. The molecule has 2 heterocycles. The SMILES string of the molecule is CC1=C(Nc2cccc(F)c2)C(C=O)(N2CCC(c3ccc(F)cc3)CC2)CN=C1S. The zero-order valence-electron chi connectivity index (χ0n) is 17.3. The molecule has 4 nitrogen and oxygen atoms in total. The first-order chi connectivity index (χ1) is 14.9. The zero-order valence-corrected chi connectivity index (χ0v) is 18.2. The number of nitrogens with one attached hydrogen (secondary N) is 1. The molecule has 0 aliphatic carbocycles. The molecule has 0 bridgehead atoms. The second-order valence-electron chi connectivity index (χ2n) is 8.13. The van der Waals surface area contributed by atoms with E-state index in [1.807, 2.05) is 19.1 Å². The number of aliphatic imine (C=N–C) groups is 1. The highest BCUT2D eigenvalue weighted by Crippen LogP contribution is 2.37. The van der Waals surface area contributed by atoms with Crippen molar-refractivity contribution in [2.75, 3.05) is 25.0 Å². The fourth-order valence-corrected chi connectivity index (χ4v) is 4.70. The van der Waals surface area contributed by atoms with Gasteiger partial charge in [0.15, 0.2) is 0 Å². The van der Waals surface area contributed by atoms with Crippen LogP contribution in [-0.2, 0) is 4.79 Å². The fraction of sp³-hybridized carbons (Fsp3) is 0.333. The van der Waals surface area contributed by atoms with Crippen molar-refractivity contribution in [1.82, 2.24) is 4.90 Å². The predicted octanol–water partition coefficient (Wildman–Crippen LogP) is 4.81. The van der Waals surface area contributed by atoms with E-state index < -0.39 is 5.54 Å². The number of rotatable bonds is 5. The quantitative estimate of drug-likeness (QED) is 0.517. The van der Waals surface area contributed by atoms with Crippen LogP contribution in [0.3, 0.4) is 0 Å². The monoisotopic (exact) mass is 441 g/mol. The molecule has 162 valence electrons. The van der Waals surface area contributed by atoms with Gasteiger partial charge in [-0.1, -0.05) is 18.2 Å². The lowest BCUT2D eigenvalue weighted by atomic mass is 9.83. The van der Waals surface area contributed by atoms with E-state index in [1.54, 1.807) is 12.1 Å². The molecule has 0 saturated carbocycles. The first-order valence-corrected chi connectivity index (χ1v) is 10.8. The summed E-state index contributed by atoms with van der Waals surface area (Å²) in [5.74, 6) is -0.272. The van der Waals surface area contributed by atoms with Gasteiger partial charge in [0.25, 0.3) is 0 Å². The van der Waals surface area contributed by atoms with Gasteiger partial charge in [0, 0.05) is 24.4 Å². The summed E-state index contributed by atoms with van der Waals surface area (Å²) in [6.07, 6.45) is 2.65. The molecule has 0 radical (unpaired) electrons. The Bertz CT molecular complexity index is 1030. The summed E-state index contributed by atoms with van der Waals surface area (Å²) in [5, 5.41) is 3.85. The fourth-order valence-electron chi connectivity index (χ4n) is 4.52. The molecule has 2 aliphatic heterocycles. The third-order valence-corrected chi connectivity index (χ3v) is 6.78. The van der Waals surface area contributed by atoms with Crippen LogP contribution >= 0.6 is 12.6 Å². The minimum absolute atomic E-state index is 0.239. The number of benzene rings is 2. The number of likely N-dealkylation sites (tertiary alicyclic amines) is 1. The van der Waals surface area contributed by atoms with E-state index in [0.717, 1.165) is 30.3 Å². The summed E-state index contributed by atoms with van der Waals surface area (Å²) in [7, 11) is 0. The third-order valence-electron chi connectivity index (χ3n) is 6.30. The normalized spacial score (nSPS) is 22.9. The molecule has 1 fully saturated rings. The molecule has 0 aromatic heterocycles. The lowest BCUT2D eigenvalue weighted by molar-refractivity contribution is -0.116. The maximum Gasteiger partial charge on any atom is 0.148 e. The van der Waals surface area contributed by atoms with Crippen molar-refractivity contribution < 1.29 is 13.6 Å². The van der Waals surface area contributed by atoms with E-state index in [1.165, 1.54) is 24.3 Å². The molecule has 1 N–H and O–H groups in total. The molecular weight excluding hydrogens is 416 g/mol. The summed E-state index contributed by atoms with van der Waals surface area (Å²) in [4.78, 5) is 19.2.